The van der Waals surface area contributed by atoms with Crippen LogP contribution in [0.15, 0.2) is 54.6 Å². The Kier molecular flexibility index (Phi) is 6.51. The summed E-state index contributed by atoms with van der Waals surface area (Å²) in [6, 6.07) is 16.6. The molecule has 0 saturated carbocycles. The lowest BCUT2D eigenvalue weighted by atomic mass is 10.1. The van der Waals surface area contributed by atoms with Gasteiger partial charge in [-0.2, -0.15) is 0 Å². The summed E-state index contributed by atoms with van der Waals surface area (Å²) >= 11 is 0. The first-order chi connectivity index (χ1) is 11.6. The molecule has 3 N–H and O–H groups in total. The Morgan fingerprint density at radius 3 is 2.38 bits per heavy atom. The minimum atomic E-state index is -0.707. The van der Waals surface area contributed by atoms with Gasteiger partial charge in [0.2, 0.25) is 0 Å². The first-order valence-corrected chi connectivity index (χ1v) is 8.02. The molecule has 0 heterocycles. The van der Waals surface area contributed by atoms with Crippen molar-refractivity contribution in [2.75, 3.05) is 11.9 Å². The second-order valence-electron chi connectivity index (χ2n) is 5.44. The maximum absolute atomic E-state index is 11.9. The Balaban J connectivity index is 1.81. The summed E-state index contributed by atoms with van der Waals surface area (Å²) in [7, 11) is 0. The van der Waals surface area contributed by atoms with Crippen LogP contribution in [0.5, 0.6) is 0 Å². The number of aryl methyl sites for hydroxylation is 1. The van der Waals surface area contributed by atoms with E-state index in [1.165, 1.54) is 0 Å². The van der Waals surface area contributed by atoms with E-state index in [2.05, 4.69) is 10.6 Å². The van der Waals surface area contributed by atoms with Gasteiger partial charge in [-0.15, -0.1) is 0 Å². The van der Waals surface area contributed by atoms with E-state index in [0.717, 1.165) is 17.5 Å². The molecule has 0 aliphatic heterocycles. The third-order valence-electron chi connectivity index (χ3n) is 3.74. The zero-order valence-corrected chi connectivity index (χ0v) is 13.7. The monoisotopic (exact) mass is 326 g/mol. The van der Waals surface area contributed by atoms with Crippen LogP contribution in [0.25, 0.3) is 0 Å². The van der Waals surface area contributed by atoms with Gasteiger partial charge in [0.15, 0.2) is 0 Å². The molecule has 0 spiro atoms. The van der Waals surface area contributed by atoms with E-state index in [4.69, 9.17) is 0 Å². The highest BCUT2D eigenvalue weighted by Gasteiger charge is 2.15. The van der Waals surface area contributed by atoms with Crippen molar-refractivity contribution in [1.29, 1.82) is 0 Å². The SMILES string of the molecule is CCc1ccccc1NC(=O)C(=O)NCCC(O)c1ccccc1. The van der Waals surface area contributed by atoms with E-state index in [1.54, 1.807) is 6.07 Å². The molecule has 2 amide bonds. The maximum atomic E-state index is 11.9. The van der Waals surface area contributed by atoms with E-state index in [0.29, 0.717) is 12.1 Å². The second-order valence-corrected chi connectivity index (χ2v) is 5.44. The van der Waals surface area contributed by atoms with Gasteiger partial charge in [-0.25, -0.2) is 0 Å². The summed E-state index contributed by atoms with van der Waals surface area (Å²) in [4.78, 5) is 23.8. The van der Waals surface area contributed by atoms with Gasteiger partial charge in [0.05, 0.1) is 6.10 Å². The molecular weight excluding hydrogens is 304 g/mol. The van der Waals surface area contributed by atoms with Gasteiger partial charge in [-0.3, -0.25) is 9.59 Å². The number of amides is 2. The molecule has 126 valence electrons. The van der Waals surface area contributed by atoms with Crippen molar-refractivity contribution in [2.45, 2.75) is 25.9 Å². The fourth-order valence-corrected chi connectivity index (χ4v) is 2.37. The number of carbonyl (C=O) groups excluding carboxylic acids is 2. The average molecular weight is 326 g/mol. The number of hydrogen-bond acceptors (Lipinski definition) is 3. The molecule has 2 rings (SSSR count). The van der Waals surface area contributed by atoms with Crippen molar-refractivity contribution in [3.63, 3.8) is 0 Å². The maximum Gasteiger partial charge on any atom is 0.313 e. The van der Waals surface area contributed by atoms with Crippen LogP contribution in [0.4, 0.5) is 5.69 Å². The number of aliphatic hydroxyl groups excluding tert-OH is 1. The van der Waals surface area contributed by atoms with E-state index in [1.807, 2.05) is 55.5 Å². The van der Waals surface area contributed by atoms with Crippen LogP contribution in [0.1, 0.15) is 30.6 Å². The summed E-state index contributed by atoms with van der Waals surface area (Å²) in [6.45, 7) is 2.20. The number of benzene rings is 2. The smallest absolute Gasteiger partial charge is 0.313 e. The van der Waals surface area contributed by atoms with Crippen molar-refractivity contribution in [3.8, 4) is 0 Å². The molecule has 5 heteroatoms. The molecule has 0 aliphatic carbocycles. The van der Waals surface area contributed by atoms with Crippen molar-refractivity contribution in [1.82, 2.24) is 5.32 Å². The Hall–Kier alpha value is -2.66. The highest BCUT2D eigenvalue weighted by Crippen LogP contribution is 2.16. The first-order valence-electron chi connectivity index (χ1n) is 8.02. The van der Waals surface area contributed by atoms with Crippen LogP contribution in [-0.4, -0.2) is 23.5 Å². The lowest BCUT2D eigenvalue weighted by molar-refractivity contribution is -0.136. The Bertz CT molecular complexity index is 686. The van der Waals surface area contributed by atoms with Crippen molar-refractivity contribution in [2.24, 2.45) is 0 Å². The molecule has 1 unspecified atom stereocenters. The molecule has 24 heavy (non-hydrogen) atoms. The first kappa shape index (κ1) is 17.7. The third kappa shape index (κ3) is 4.93. The highest BCUT2D eigenvalue weighted by molar-refractivity contribution is 6.39. The normalized spacial score (nSPS) is 11.6. The predicted octanol–water partition coefficient (Wildman–Crippen LogP) is 2.43. The molecule has 0 aromatic heterocycles. The minimum Gasteiger partial charge on any atom is -0.388 e. The molecule has 2 aromatic rings. The molecule has 5 nitrogen and oxygen atoms in total. The lowest BCUT2D eigenvalue weighted by Crippen LogP contribution is -2.36. The molecule has 0 saturated heterocycles. The Morgan fingerprint density at radius 1 is 1.00 bits per heavy atom. The zero-order chi connectivity index (χ0) is 17.4. The number of hydrogen-bond donors (Lipinski definition) is 3. The predicted molar refractivity (Wildman–Crippen MR) is 93.5 cm³/mol. The van der Waals surface area contributed by atoms with Crippen LogP contribution < -0.4 is 10.6 Å². The summed E-state index contributed by atoms with van der Waals surface area (Å²) in [5.74, 6) is -1.41. The number of anilines is 1. The molecule has 0 radical (unpaired) electrons. The fourth-order valence-electron chi connectivity index (χ4n) is 2.37. The van der Waals surface area contributed by atoms with Gasteiger partial charge in [0, 0.05) is 12.2 Å². The van der Waals surface area contributed by atoms with E-state index in [-0.39, 0.29) is 6.54 Å². The van der Waals surface area contributed by atoms with Crippen molar-refractivity contribution >= 4 is 17.5 Å². The Labute approximate surface area is 141 Å². The van der Waals surface area contributed by atoms with Crippen LogP contribution in [0.2, 0.25) is 0 Å². The van der Waals surface area contributed by atoms with Crippen LogP contribution >= 0.6 is 0 Å². The van der Waals surface area contributed by atoms with Crippen molar-refractivity contribution < 1.29 is 14.7 Å². The molecule has 0 bridgehead atoms. The van der Waals surface area contributed by atoms with Gasteiger partial charge in [0.25, 0.3) is 0 Å². The molecule has 0 aliphatic rings. The number of nitrogens with one attached hydrogen (secondary N) is 2. The molecule has 2 aromatic carbocycles. The number of aliphatic hydroxyl groups is 1. The van der Waals surface area contributed by atoms with E-state index in [9.17, 15) is 14.7 Å². The molecular formula is C19H22N2O3. The van der Waals surface area contributed by atoms with Crippen molar-refractivity contribution in [3.05, 3.63) is 65.7 Å². The summed E-state index contributed by atoms with van der Waals surface area (Å²) in [5, 5.41) is 15.2. The second kappa shape index (κ2) is 8.84. The molecule has 0 fully saturated rings. The van der Waals surface area contributed by atoms with Crippen LogP contribution in [0, 0.1) is 0 Å². The van der Waals surface area contributed by atoms with Crippen LogP contribution in [-0.2, 0) is 16.0 Å². The summed E-state index contributed by atoms with van der Waals surface area (Å²) in [6.07, 6.45) is 0.436. The average Bonchev–Trinajstić information content (AvgIpc) is 2.62. The number of carbonyl (C=O) groups is 2. The fraction of sp³-hybridized carbons (Fsp3) is 0.263. The van der Waals surface area contributed by atoms with E-state index < -0.39 is 17.9 Å². The largest absolute Gasteiger partial charge is 0.388 e. The third-order valence-corrected chi connectivity index (χ3v) is 3.74. The quantitative estimate of drug-likeness (QED) is 0.713. The standard InChI is InChI=1S/C19H22N2O3/c1-2-14-8-6-7-11-16(14)21-19(24)18(23)20-13-12-17(22)15-9-4-3-5-10-15/h3-11,17,22H,2,12-13H2,1H3,(H,20,23)(H,21,24). The van der Waals surface area contributed by atoms with Gasteiger partial charge in [-0.05, 0) is 30.0 Å². The lowest BCUT2D eigenvalue weighted by Gasteiger charge is -2.12. The highest BCUT2D eigenvalue weighted by atomic mass is 16.3. The van der Waals surface area contributed by atoms with Gasteiger partial charge in [0.1, 0.15) is 0 Å². The number of para-hydroxylation sites is 1. The van der Waals surface area contributed by atoms with E-state index >= 15 is 0 Å². The minimum absolute atomic E-state index is 0.220. The summed E-state index contributed by atoms with van der Waals surface area (Å²) in [5.41, 5.74) is 2.40. The topological polar surface area (TPSA) is 78.4 Å². The molecule has 1 atom stereocenters. The Morgan fingerprint density at radius 2 is 1.67 bits per heavy atom. The van der Waals surface area contributed by atoms with Gasteiger partial charge >= 0.3 is 11.8 Å². The van der Waals surface area contributed by atoms with Crippen LogP contribution in [0.3, 0.4) is 0 Å². The number of rotatable bonds is 6. The van der Waals surface area contributed by atoms with Gasteiger partial charge < -0.3 is 15.7 Å². The van der Waals surface area contributed by atoms with Gasteiger partial charge in [-0.1, -0.05) is 55.5 Å². The summed E-state index contributed by atoms with van der Waals surface area (Å²) < 4.78 is 0. The zero-order valence-electron chi connectivity index (χ0n) is 13.7.